The maximum Gasteiger partial charge on any atom is 0.215 e. The number of amides is 1. The Bertz CT molecular complexity index is 963. The highest BCUT2D eigenvalue weighted by atomic mass is 16.2. The minimum Gasteiger partial charge on any atom is -0.356 e. The summed E-state index contributed by atoms with van der Waals surface area (Å²) in [5.74, 6) is 0.221. The molecule has 0 unspecified atom stereocenters. The Morgan fingerprint density at radius 3 is 2.78 bits per heavy atom. The van der Waals surface area contributed by atoms with Gasteiger partial charge in [0.25, 0.3) is 0 Å². The Morgan fingerprint density at radius 2 is 2.04 bits per heavy atom. The van der Waals surface area contributed by atoms with Gasteiger partial charge in [0, 0.05) is 16.6 Å². The fraction of sp³-hybridized carbons (Fsp3) is 0.348. The van der Waals surface area contributed by atoms with Crippen molar-refractivity contribution in [2.45, 2.75) is 51.5 Å². The largest absolute Gasteiger partial charge is 0.356 e. The third kappa shape index (κ3) is 3.18. The molecule has 1 heterocycles. The van der Waals surface area contributed by atoms with Crippen molar-refractivity contribution >= 4 is 24.7 Å². The molecule has 0 saturated heterocycles. The molecule has 0 radical (unpaired) electrons. The minimum absolute atomic E-state index is 0.0581. The lowest BCUT2D eigenvalue weighted by Gasteiger charge is -2.39. The standard InChI is InChI=1S/C23H27BN2O/c1-15-11-12-20-19(13-15)18-9-6-10-21(23(18)25-20)26(22(27)14-24)16(2)17-7-4-3-5-8-17/h3-5,7-8,11-13,16,21,25H,6,9-10,14,24H2,1-2H3/t16-,21-/m1/s1. The quantitative estimate of drug-likeness (QED) is 0.685. The number of nitrogens with one attached hydrogen (secondary N) is 1. The lowest BCUT2D eigenvalue weighted by atomic mass is 9.88. The highest BCUT2D eigenvalue weighted by Gasteiger charge is 2.34. The molecule has 3 aromatic rings. The average Bonchev–Trinajstić information content (AvgIpc) is 3.07. The summed E-state index contributed by atoms with van der Waals surface area (Å²) >= 11 is 0. The molecule has 1 aliphatic carbocycles. The smallest absolute Gasteiger partial charge is 0.215 e. The molecule has 4 rings (SSSR count). The lowest BCUT2D eigenvalue weighted by molar-refractivity contribution is -0.134. The van der Waals surface area contributed by atoms with Crippen LogP contribution in [0.5, 0.6) is 0 Å². The van der Waals surface area contributed by atoms with Crippen LogP contribution in [0.3, 0.4) is 0 Å². The van der Waals surface area contributed by atoms with Crippen molar-refractivity contribution in [3.63, 3.8) is 0 Å². The summed E-state index contributed by atoms with van der Waals surface area (Å²) in [5, 5.41) is 1.32. The van der Waals surface area contributed by atoms with Crippen molar-refractivity contribution in [2.24, 2.45) is 0 Å². The van der Waals surface area contributed by atoms with Crippen molar-refractivity contribution in [2.75, 3.05) is 0 Å². The van der Waals surface area contributed by atoms with Gasteiger partial charge in [-0.1, -0.05) is 42.0 Å². The molecule has 3 nitrogen and oxygen atoms in total. The van der Waals surface area contributed by atoms with Gasteiger partial charge >= 0.3 is 0 Å². The van der Waals surface area contributed by atoms with Gasteiger partial charge in [0.1, 0.15) is 7.85 Å². The first-order valence-corrected chi connectivity index (χ1v) is 10.1. The predicted octanol–water partition coefficient (Wildman–Crippen LogP) is 4.49. The maximum atomic E-state index is 13.0. The molecule has 0 aliphatic heterocycles. The van der Waals surface area contributed by atoms with Crippen LogP contribution >= 0.6 is 0 Å². The summed E-state index contributed by atoms with van der Waals surface area (Å²) in [6.45, 7) is 4.30. The van der Waals surface area contributed by atoms with Crippen molar-refractivity contribution in [1.29, 1.82) is 0 Å². The van der Waals surface area contributed by atoms with E-state index in [1.54, 1.807) is 0 Å². The Hall–Kier alpha value is -2.49. The summed E-state index contributed by atoms with van der Waals surface area (Å²) in [6.07, 6.45) is 3.75. The predicted molar refractivity (Wildman–Crippen MR) is 114 cm³/mol. The van der Waals surface area contributed by atoms with Crippen LogP contribution in [0, 0.1) is 6.92 Å². The highest BCUT2D eigenvalue weighted by Crippen LogP contribution is 2.41. The van der Waals surface area contributed by atoms with E-state index in [1.807, 2.05) is 13.9 Å². The molecule has 138 valence electrons. The third-order valence-corrected chi connectivity index (χ3v) is 5.96. The molecule has 1 N–H and O–H groups in total. The zero-order chi connectivity index (χ0) is 19.0. The summed E-state index contributed by atoms with van der Waals surface area (Å²) in [4.78, 5) is 18.8. The SMILES string of the molecule is BCC(=O)N([C@H](C)c1ccccc1)[C@@H]1CCCc2c1[nH]c1ccc(C)cc21. The zero-order valence-corrected chi connectivity index (χ0v) is 16.5. The van der Waals surface area contributed by atoms with E-state index < -0.39 is 0 Å². The van der Waals surface area contributed by atoms with Crippen molar-refractivity contribution in [3.8, 4) is 0 Å². The maximum absolute atomic E-state index is 13.0. The fourth-order valence-corrected chi connectivity index (χ4v) is 4.57. The van der Waals surface area contributed by atoms with Gasteiger partial charge in [-0.05, 0) is 62.7 Å². The van der Waals surface area contributed by atoms with Crippen LogP contribution in [0.15, 0.2) is 48.5 Å². The summed E-state index contributed by atoms with van der Waals surface area (Å²) in [5.41, 5.74) is 6.31. The summed E-state index contributed by atoms with van der Waals surface area (Å²) < 4.78 is 0. The zero-order valence-electron chi connectivity index (χ0n) is 16.5. The van der Waals surface area contributed by atoms with E-state index in [1.165, 1.54) is 33.3 Å². The first kappa shape index (κ1) is 17.9. The molecular formula is C23H27BN2O. The molecule has 1 aromatic heterocycles. The molecule has 0 fully saturated rings. The molecule has 4 heteroatoms. The van der Waals surface area contributed by atoms with Crippen LogP contribution in [-0.4, -0.2) is 23.6 Å². The molecule has 0 spiro atoms. The molecule has 0 saturated carbocycles. The van der Waals surface area contributed by atoms with E-state index in [-0.39, 0.29) is 18.0 Å². The van der Waals surface area contributed by atoms with Crippen molar-refractivity contribution in [1.82, 2.24) is 9.88 Å². The number of fused-ring (bicyclic) bond motifs is 3. The van der Waals surface area contributed by atoms with Crippen molar-refractivity contribution < 1.29 is 4.79 Å². The number of hydrogen-bond donors (Lipinski definition) is 1. The first-order chi connectivity index (χ1) is 13.1. The van der Waals surface area contributed by atoms with E-state index in [9.17, 15) is 4.79 Å². The van der Waals surface area contributed by atoms with Gasteiger partial charge in [0.15, 0.2) is 0 Å². The number of carbonyl (C=O) groups excluding carboxylic acids is 1. The number of hydrogen-bond acceptors (Lipinski definition) is 1. The number of H-pyrrole nitrogens is 1. The number of aryl methyl sites for hydroxylation is 2. The first-order valence-electron chi connectivity index (χ1n) is 10.1. The summed E-state index contributed by atoms with van der Waals surface area (Å²) in [7, 11) is 1.96. The molecule has 2 aromatic carbocycles. The van der Waals surface area contributed by atoms with E-state index in [4.69, 9.17) is 0 Å². The van der Waals surface area contributed by atoms with Gasteiger partial charge in [-0.25, -0.2) is 0 Å². The molecule has 2 atom stereocenters. The van der Waals surface area contributed by atoms with E-state index in [0.717, 1.165) is 19.3 Å². The van der Waals surface area contributed by atoms with Crippen LogP contribution in [0.1, 0.15) is 54.2 Å². The van der Waals surface area contributed by atoms with E-state index in [2.05, 4.69) is 66.2 Å². The van der Waals surface area contributed by atoms with Crippen molar-refractivity contribution in [3.05, 3.63) is 70.9 Å². The Morgan fingerprint density at radius 1 is 1.26 bits per heavy atom. The van der Waals surface area contributed by atoms with Crippen LogP contribution in [-0.2, 0) is 11.2 Å². The number of aromatic nitrogens is 1. The number of aromatic amines is 1. The van der Waals surface area contributed by atoms with Crippen LogP contribution in [0.2, 0.25) is 6.32 Å². The molecular weight excluding hydrogens is 331 g/mol. The second-order valence-corrected chi connectivity index (χ2v) is 7.72. The number of nitrogens with zero attached hydrogens (tertiary/aromatic N) is 1. The average molecular weight is 358 g/mol. The van der Waals surface area contributed by atoms with Crippen LogP contribution < -0.4 is 0 Å². The van der Waals surface area contributed by atoms with Gasteiger partial charge in [-0.2, -0.15) is 0 Å². The Labute approximate surface area is 162 Å². The molecule has 1 amide bonds. The third-order valence-electron chi connectivity index (χ3n) is 5.96. The van der Waals surface area contributed by atoms with Gasteiger partial charge in [-0.3, -0.25) is 4.79 Å². The fourth-order valence-electron chi connectivity index (χ4n) is 4.57. The van der Waals surface area contributed by atoms with E-state index in [0.29, 0.717) is 6.32 Å². The Balaban J connectivity index is 1.80. The molecule has 27 heavy (non-hydrogen) atoms. The van der Waals surface area contributed by atoms with Gasteiger partial charge in [0.2, 0.25) is 5.91 Å². The molecule has 0 bridgehead atoms. The second-order valence-electron chi connectivity index (χ2n) is 7.72. The number of benzene rings is 2. The van der Waals surface area contributed by atoms with Gasteiger partial charge in [0.05, 0.1) is 12.1 Å². The number of carbonyl (C=O) groups is 1. The lowest BCUT2D eigenvalue weighted by Crippen LogP contribution is -2.38. The summed E-state index contributed by atoms with van der Waals surface area (Å²) in [6, 6.07) is 17.2. The van der Waals surface area contributed by atoms with Gasteiger partial charge in [-0.15, -0.1) is 0 Å². The minimum atomic E-state index is 0.0581. The van der Waals surface area contributed by atoms with Crippen LogP contribution in [0.25, 0.3) is 10.9 Å². The molecule has 1 aliphatic rings. The Kier molecular flexibility index (Phi) is 4.82. The monoisotopic (exact) mass is 358 g/mol. The van der Waals surface area contributed by atoms with Gasteiger partial charge < -0.3 is 9.88 Å². The topological polar surface area (TPSA) is 36.1 Å². The van der Waals surface area contributed by atoms with Crippen LogP contribution in [0.4, 0.5) is 0 Å². The number of rotatable bonds is 4. The second kappa shape index (κ2) is 7.26. The normalized spacial score (nSPS) is 17.5. The highest BCUT2D eigenvalue weighted by molar-refractivity contribution is 6.19. The van der Waals surface area contributed by atoms with E-state index >= 15 is 0 Å².